The minimum absolute atomic E-state index is 0.0487. The minimum Gasteiger partial charge on any atom is -0.466 e. The maximum atomic E-state index is 6.30. The largest absolute Gasteiger partial charge is 0.466 e. The second kappa shape index (κ2) is 4.44. The lowest BCUT2D eigenvalue weighted by Gasteiger charge is -2.10. The fourth-order valence-corrected chi connectivity index (χ4v) is 3.03. The second-order valence-electron chi connectivity index (χ2n) is 4.01. The number of hydrogen-bond donors (Lipinski definition) is 1. The van der Waals surface area contributed by atoms with Crippen LogP contribution < -0.4 is 5.73 Å². The van der Waals surface area contributed by atoms with Crippen molar-refractivity contribution >= 4 is 11.3 Å². The molecule has 0 aromatic carbocycles. The van der Waals surface area contributed by atoms with E-state index in [1.807, 2.05) is 19.9 Å². The van der Waals surface area contributed by atoms with Crippen LogP contribution in [0.15, 0.2) is 21.9 Å². The van der Waals surface area contributed by atoms with Crippen LogP contribution in [0.3, 0.4) is 0 Å². The van der Waals surface area contributed by atoms with Crippen LogP contribution >= 0.6 is 11.3 Å². The molecule has 2 rings (SSSR count). The van der Waals surface area contributed by atoms with E-state index >= 15 is 0 Å². The summed E-state index contributed by atoms with van der Waals surface area (Å²) in [5.41, 5.74) is 8.75. The van der Waals surface area contributed by atoms with Crippen LogP contribution in [0.5, 0.6) is 0 Å². The molecular weight excluding hydrogens is 218 g/mol. The number of nitrogens with two attached hydrogens (primary N) is 1. The first-order valence-corrected chi connectivity index (χ1v) is 6.40. The van der Waals surface area contributed by atoms with Crippen molar-refractivity contribution in [2.75, 3.05) is 0 Å². The quantitative estimate of drug-likeness (QED) is 0.883. The Morgan fingerprint density at radius 1 is 1.44 bits per heavy atom. The van der Waals surface area contributed by atoms with Gasteiger partial charge in [-0.15, -0.1) is 11.3 Å². The number of thiophene rings is 1. The SMILES string of the molecule is CCc1ccsc1C(N)c1cc(C)oc1C. The summed E-state index contributed by atoms with van der Waals surface area (Å²) in [4.78, 5) is 1.26. The third-order valence-corrected chi connectivity index (χ3v) is 3.90. The van der Waals surface area contributed by atoms with Crippen LogP contribution in [0.4, 0.5) is 0 Å². The zero-order valence-corrected chi connectivity index (χ0v) is 10.7. The Balaban J connectivity index is 2.38. The highest BCUT2D eigenvalue weighted by molar-refractivity contribution is 7.10. The fraction of sp³-hybridized carbons (Fsp3) is 0.385. The van der Waals surface area contributed by atoms with E-state index in [0.717, 1.165) is 23.5 Å². The summed E-state index contributed by atoms with van der Waals surface area (Å²) in [6, 6.07) is 4.15. The van der Waals surface area contributed by atoms with Gasteiger partial charge in [-0.3, -0.25) is 0 Å². The van der Waals surface area contributed by atoms with E-state index in [4.69, 9.17) is 10.2 Å². The first-order valence-electron chi connectivity index (χ1n) is 5.52. The molecule has 0 fully saturated rings. The van der Waals surface area contributed by atoms with Crippen LogP contribution in [0.1, 0.15) is 40.5 Å². The molecule has 2 aromatic rings. The highest BCUT2D eigenvalue weighted by atomic mass is 32.1. The predicted molar refractivity (Wildman–Crippen MR) is 67.9 cm³/mol. The fourth-order valence-electron chi connectivity index (χ4n) is 2.01. The summed E-state index contributed by atoms with van der Waals surface area (Å²) >= 11 is 1.73. The maximum absolute atomic E-state index is 6.30. The molecule has 0 spiro atoms. The molecule has 2 aromatic heterocycles. The normalized spacial score (nSPS) is 13.0. The Morgan fingerprint density at radius 2 is 2.19 bits per heavy atom. The van der Waals surface area contributed by atoms with E-state index in [1.54, 1.807) is 11.3 Å². The predicted octanol–water partition coefficient (Wildman–Crippen LogP) is 3.57. The van der Waals surface area contributed by atoms with Crippen molar-refractivity contribution < 1.29 is 4.42 Å². The molecule has 1 atom stereocenters. The summed E-state index contributed by atoms with van der Waals surface area (Å²) in [6.45, 7) is 6.09. The first-order chi connectivity index (χ1) is 7.63. The lowest BCUT2D eigenvalue weighted by molar-refractivity contribution is 0.500. The van der Waals surface area contributed by atoms with Crippen molar-refractivity contribution in [3.63, 3.8) is 0 Å². The lowest BCUT2D eigenvalue weighted by Crippen LogP contribution is -2.12. The number of hydrogen-bond acceptors (Lipinski definition) is 3. The van der Waals surface area contributed by atoms with Gasteiger partial charge in [0.1, 0.15) is 11.5 Å². The summed E-state index contributed by atoms with van der Waals surface area (Å²) in [6.07, 6.45) is 1.03. The van der Waals surface area contributed by atoms with E-state index in [0.29, 0.717) is 0 Å². The molecule has 2 N–H and O–H groups in total. The number of rotatable bonds is 3. The van der Waals surface area contributed by atoms with Gasteiger partial charge in [0.25, 0.3) is 0 Å². The molecule has 86 valence electrons. The topological polar surface area (TPSA) is 39.2 Å². The average Bonchev–Trinajstić information content (AvgIpc) is 2.83. The zero-order valence-electron chi connectivity index (χ0n) is 9.91. The summed E-state index contributed by atoms with van der Waals surface area (Å²) in [7, 11) is 0. The van der Waals surface area contributed by atoms with E-state index in [-0.39, 0.29) is 6.04 Å². The van der Waals surface area contributed by atoms with Gasteiger partial charge in [0.15, 0.2) is 0 Å². The summed E-state index contributed by atoms with van der Waals surface area (Å²) in [5.74, 6) is 1.86. The van der Waals surface area contributed by atoms with Crippen LogP contribution in [-0.4, -0.2) is 0 Å². The molecule has 2 heterocycles. The molecule has 0 saturated heterocycles. The molecule has 16 heavy (non-hydrogen) atoms. The number of furan rings is 1. The molecular formula is C13H17NOS. The maximum Gasteiger partial charge on any atom is 0.106 e. The van der Waals surface area contributed by atoms with Gasteiger partial charge < -0.3 is 10.2 Å². The molecule has 0 amide bonds. The Hall–Kier alpha value is -1.06. The molecule has 0 bridgehead atoms. The Kier molecular flexibility index (Phi) is 3.17. The third kappa shape index (κ3) is 1.93. The zero-order chi connectivity index (χ0) is 11.7. The highest BCUT2D eigenvalue weighted by Gasteiger charge is 2.18. The second-order valence-corrected chi connectivity index (χ2v) is 4.96. The Morgan fingerprint density at radius 3 is 2.75 bits per heavy atom. The van der Waals surface area contributed by atoms with Gasteiger partial charge in [-0.25, -0.2) is 0 Å². The van der Waals surface area contributed by atoms with E-state index in [2.05, 4.69) is 18.4 Å². The van der Waals surface area contributed by atoms with Crippen molar-refractivity contribution in [1.29, 1.82) is 0 Å². The first kappa shape index (κ1) is 11.4. The lowest BCUT2D eigenvalue weighted by atomic mass is 10.0. The van der Waals surface area contributed by atoms with Gasteiger partial charge in [-0.2, -0.15) is 0 Å². The highest BCUT2D eigenvalue weighted by Crippen LogP contribution is 2.31. The average molecular weight is 235 g/mol. The molecule has 0 aliphatic rings. The standard InChI is InChI=1S/C13H17NOS/c1-4-10-5-6-16-13(10)12(14)11-7-8(2)15-9(11)3/h5-7,12H,4,14H2,1-3H3. The van der Waals surface area contributed by atoms with E-state index in [9.17, 15) is 0 Å². The molecule has 1 unspecified atom stereocenters. The van der Waals surface area contributed by atoms with Crippen LogP contribution in [0.25, 0.3) is 0 Å². The molecule has 2 nitrogen and oxygen atoms in total. The van der Waals surface area contributed by atoms with Crippen molar-refractivity contribution in [3.8, 4) is 0 Å². The van der Waals surface area contributed by atoms with Crippen molar-refractivity contribution in [3.05, 3.63) is 45.0 Å². The van der Waals surface area contributed by atoms with Gasteiger partial charge in [-0.05, 0) is 43.3 Å². The minimum atomic E-state index is -0.0487. The molecule has 0 saturated carbocycles. The molecule has 3 heteroatoms. The molecule has 0 radical (unpaired) electrons. The van der Waals surface area contributed by atoms with Gasteiger partial charge in [0, 0.05) is 10.4 Å². The van der Waals surface area contributed by atoms with Gasteiger partial charge in [-0.1, -0.05) is 6.92 Å². The van der Waals surface area contributed by atoms with Gasteiger partial charge >= 0.3 is 0 Å². The third-order valence-electron chi connectivity index (χ3n) is 2.86. The van der Waals surface area contributed by atoms with E-state index in [1.165, 1.54) is 10.4 Å². The van der Waals surface area contributed by atoms with Crippen LogP contribution in [-0.2, 0) is 6.42 Å². The van der Waals surface area contributed by atoms with Crippen molar-refractivity contribution in [1.82, 2.24) is 0 Å². The summed E-state index contributed by atoms with van der Waals surface area (Å²) < 4.78 is 5.53. The summed E-state index contributed by atoms with van der Waals surface area (Å²) in [5, 5.41) is 2.11. The smallest absolute Gasteiger partial charge is 0.106 e. The van der Waals surface area contributed by atoms with Crippen LogP contribution in [0.2, 0.25) is 0 Å². The van der Waals surface area contributed by atoms with Crippen molar-refractivity contribution in [2.45, 2.75) is 33.2 Å². The Bertz CT molecular complexity index is 484. The van der Waals surface area contributed by atoms with Crippen LogP contribution in [0, 0.1) is 13.8 Å². The van der Waals surface area contributed by atoms with Crippen molar-refractivity contribution in [2.24, 2.45) is 5.73 Å². The molecule has 0 aliphatic heterocycles. The van der Waals surface area contributed by atoms with E-state index < -0.39 is 0 Å². The monoisotopic (exact) mass is 235 g/mol. The Labute approximate surface area is 100 Å². The van der Waals surface area contributed by atoms with Gasteiger partial charge in [0.2, 0.25) is 0 Å². The number of aryl methyl sites for hydroxylation is 3. The van der Waals surface area contributed by atoms with Gasteiger partial charge in [0.05, 0.1) is 6.04 Å². The molecule has 0 aliphatic carbocycles.